The second-order valence-electron chi connectivity index (χ2n) is 5.45. The number of nitrogens with two attached hydrogens (primary N) is 1. The molecule has 0 aliphatic heterocycles. The standard InChI is InChI=1S/C17H23N3O/c1-4-14(5-2)20-9-8-13(19-20)11-17(21)15-10-12(3)6-7-16(15)18/h6-10,14H,4-5,11,18H2,1-3H3. The van der Waals surface area contributed by atoms with Crippen LogP contribution in [-0.2, 0) is 6.42 Å². The van der Waals surface area contributed by atoms with Gasteiger partial charge in [0, 0.05) is 17.4 Å². The lowest BCUT2D eigenvalue weighted by Crippen LogP contribution is -2.10. The van der Waals surface area contributed by atoms with Crippen molar-refractivity contribution >= 4 is 11.5 Å². The number of rotatable bonds is 6. The quantitative estimate of drug-likeness (QED) is 0.652. The highest BCUT2D eigenvalue weighted by atomic mass is 16.1. The summed E-state index contributed by atoms with van der Waals surface area (Å²) in [4.78, 5) is 12.4. The van der Waals surface area contributed by atoms with Gasteiger partial charge in [0.05, 0.1) is 18.2 Å². The molecule has 112 valence electrons. The number of hydrogen-bond donors (Lipinski definition) is 1. The highest BCUT2D eigenvalue weighted by molar-refractivity contribution is 6.01. The molecule has 0 saturated carbocycles. The Morgan fingerprint density at radius 3 is 2.67 bits per heavy atom. The number of aryl methyl sites for hydroxylation is 1. The topological polar surface area (TPSA) is 60.9 Å². The van der Waals surface area contributed by atoms with Crippen molar-refractivity contribution in [2.24, 2.45) is 0 Å². The fraction of sp³-hybridized carbons (Fsp3) is 0.412. The first kappa shape index (κ1) is 15.3. The van der Waals surface area contributed by atoms with Gasteiger partial charge in [0.1, 0.15) is 0 Å². The summed E-state index contributed by atoms with van der Waals surface area (Å²) in [5.41, 5.74) is 8.85. The number of aromatic nitrogens is 2. The van der Waals surface area contributed by atoms with Crippen LogP contribution in [0.2, 0.25) is 0 Å². The molecule has 4 heteroatoms. The Bertz CT molecular complexity index is 627. The zero-order valence-electron chi connectivity index (χ0n) is 13.0. The van der Waals surface area contributed by atoms with Crippen LogP contribution in [-0.4, -0.2) is 15.6 Å². The highest BCUT2D eigenvalue weighted by Gasteiger charge is 2.14. The summed E-state index contributed by atoms with van der Waals surface area (Å²) >= 11 is 0. The molecular formula is C17H23N3O. The van der Waals surface area contributed by atoms with Crippen molar-refractivity contribution in [1.82, 2.24) is 9.78 Å². The molecule has 0 atom stereocenters. The van der Waals surface area contributed by atoms with E-state index in [9.17, 15) is 4.79 Å². The average Bonchev–Trinajstić information content (AvgIpc) is 2.91. The molecule has 21 heavy (non-hydrogen) atoms. The summed E-state index contributed by atoms with van der Waals surface area (Å²) in [6.07, 6.45) is 4.33. The van der Waals surface area contributed by atoms with Gasteiger partial charge in [0.2, 0.25) is 0 Å². The van der Waals surface area contributed by atoms with Gasteiger partial charge in [-0.2, -0.15) is 5.10 Å². The second-order valence-corrected chi connectivity index (χ2v) is 5.45. The number of Topliss-reactive ketones (excluding diaryl/α,β-unsaturated/α-hetero) is 1. The van der Waals surface area contributed by atoms with E-state index in [1.54, 1.807) is 6.07 Å². The lowest BCUT2D eigenvalue weighted by Gasteiger charge is -2.12. The normalized spacial score (nSPS) is 11.0. The second kappa shape index (κ2) is 6.57. The maximum atomic E-state index is 12.4. The van der Waals surface area contributed by atoms with Crippen LogP contribution in [0.25, 0.3) is 0 Å². The smallest absolute Gasteiger partial charge is 0.170 e. The van der Waals surface area contributed by atoms with Crippen LogP contribution in [0, 0.1) is 6.92 Å². The Kier molecular flexibility index (Phi) is 4.78. The molecule has 1 heterocycles. The van der Waals surface area contributed by atoms with Crippen molar-refractivity contribution in [2.45, 2.75) is 46.1 Å². The molecule has 2 N–H and O–H groups in total. The fourth-order valence-electron chi connectivity index (χ4n) is 2.51. The first-order valence-electron chi connectivity index (χ1n) is 7.48. The number of ketones is 1. The van der Waals surface area contributed by atoms with E-state index in [-0.39, 0.29) is 5.78 Å². The summed E-state index contributed by atoms with van der Waals surface area (Å²) in [5.74, 6) is 0.0194. The molecule has 0 aliphatic rings. The van der Waals surface area contributed by atoms with Gasteiger partial charge < -0.3 is 5.73 Å². The Morgan fingerprint density at radius 2 is 2.00 bits per heavy atom. The van der Waals surface area contributed by atoms with E-state index in [0.717, 1.165) is 24.1 Å². The third kappa shape index (κ3) is 3.51. The van der Waals surface area contributed by atoms with Gasteiger partial charge in [0.15, 0.2) is 5.78 Å². The van der Waals surface area contributed by atoms with Crippen LogP contribution < -0.4 is 5.73 Å². The first-order valence-corrected chi connectivity index (χ1v) is 7.48. The van der Waals surface area contributed by atoms with Crippen molar-refractivity contribution in [3.05, 3.63) is 47.3 Å². The lowest BCUT2D eigenvalue weighted by atomic mass is 10.0. The first-order chi connectivity index (χ1) is 10.0. The minimum absolute atomic E-state index is 0.0194. The van der Waals surface area contributed by atoms with Crippen molar-refractivity contribution in [1.29, 1.82) is 0 Å². The molecule has 0 saturated heterocycles. The summed E-state index contributed by atoms with van der Waals surface area (Å²) in [5, 5.41) is 4.52. The van der Waals surface area contributed by atoms with Crippen LogP contribution in [0.4, 0.5) is 5.69 Å². The third-order valence-corrected chi connectivity index (χ3v) is 3.83. The Balaban J connectivity index is 2.15. The predicted molar refractivity (Wildman–Crippen MR) is 85.5 cm³/mol. The maximum Gasteiger partial charge on any atom is 0.170 e. The number of benzene rings is 1. The lowest BCUT2D eigenvalue weighted by molar-refractivity contribution is 0.0992. The minimum atomic E-state index is 0.0194. The van der Waals surface area contributed by atoms with Gasteiger partial charge in [-0.1, -0.05) is 25.5 Å². The van der Waals surface area contributed by atoms with Gasteiger partial charge >= 0.3 is 0 Å². The van der Waals surface area contributed by atoms with Crippen molar-refractivity contribution < 1.29 is 4.79 Å². The van der Waals surface area contributed by atoms with E-state index in [0.29, 0.717) is 23.7 Å². The van der Waals surface area contributed by atoms with E-state index in [1.165, 1.54) is 0 Å². The van der Waals surface area contributed by atoms with Crippen LogP contribution in [0.3, 0.4) is 0 Å². The molecule has 1 aromatic heterocycles. The number of hydrogen-bond acceptors (Lipinski definition) is 3. The maximum absolute atomic E-state index is 12.4. The van der Waals surface area contributed by atoms with Crippen molar-refractivity contribution in [3.63, 3.8) is 0 Å². The predicted octanol–water partition coefficient (Wildman–Crippen LogP) is 3.56. The summed E-state index contributed by atoms with van der Waals surface area (Å²) in [7, 11) is 0. The average molecular weight is 285 g/mol. The SMILES string of the molecule is CCC(CC)n1ccc(CC(=O)c2cc(C)ccc2N)n1. The number of nitrogen functional groups attached to an aromatic ring is 1. The van der Waals surface area contributed by atoms with E-state index in [4.69, 9.17) is 5.73 Å². The fourth-order valence-corrected chi connectivity index (χ4v) is 2.51. The monoisotopic (exact) mass is 285 g/mol. The van der Waals surface area contributed by atoms with Crippen LogP contribution >= 0.6 is 0 Å². The minimum Gasteiger partial charge on any atom is -0.398 e. The molecule has 0 amide bonds. The van der Waals surface area contributed by atoms with Crippen molar-refractivity contribution in [3.8, 4) is 0 Å². The number of anilines is 1. The Morgan fingerprint density at radius 1 is 1.29 bits per heavy atom. The number of carbonyl (C=O) groups is 1. The summed E-state index contributed by atoms with van der Waals surface area (Å²) < 4.78 is 1.96. The van der Waals surface area contributed by atoms with E-state index in [1.807, 2.05) is 36.0 Å². The van der Waals surface area contributed by atoms with Crippen LogP contribution in [0.5, 0.6) is 0 Å². The van der Waals surface area contributed by atoms with Gasteiger partial charge in [-0.25, -0.2) is 0 Å². The van der Waals surface area contributed by atoms with Crippen molar-refractivity contribution in [2.75, 3.05) is 5.73 Å². The molecule has 0 radical (unpaired) electrons. The van der Waals surface area contributed by atoms with E-state index >= 15 is 0 Å². The largest absolute Gasteiger partial charge is 0.398 e. The number of carbonyl (C=O) groups excluding carboxylic acids is 1. The molecule has 1 aromatic carbocycles. The summed E-state index contributed by atoms with van der Waals surface area (Å²) in [6, 6.07) is 7.86. The molecule has 2 rings (SSSR count). The third-order valence-electron chi connectivity index (χ3n) is 3.83. The molecular weight excluding hydrogens is 262 g/mol. The molecule has 2 aromatic rings. The zero-order valence-corrected chi connectivity index (χ0v) is 13.0. The molecule has 0 unspecified atom stereocenters. The number of nitrogens with zero attached hydrogens (tertiary/aromatic N) is 2. The van der Waals surface area contributed by atoms with Gasteiger partial charge in [0.25, 0.3) is 0 Å². The highest BCUT2D eigenvalue weighted by Crippen LogP contribution is 2.18. The van der Waals surface area contributed by atoms with E-state index in [2.05, 4.69) is 18.9 Å². The molecule has 4 nitrogen and oxygen atoms in total. The van der Waals surface area contributed by atoms with Crippen LogP contribution in [0.15, 0.2) is 30.5 Å². The zero-order chi connectivity index (χ0) is 15.4. The van der Waals surface area contributed by atoms with E-state index < -0.39 is 0 Å². The van der Waals surface area contributed by atoms with Crippen LogP contribution in [0.1, 0.15) is 54.3 Å². The van der Waals surface area contributed by atoms with Gasteiger partial charge in [-0.05, 0) is 38.0 Å². The molecule has 0 bridgehead atoms. The Labute approximate surface area is 126 Å². The molecule has 0 spiro atoms. The summed E-state index contributed by atoms with van der Waals surface area (Å²) in [6.45, 7) is 6.25. The van der Waals surface area contributed by atoms with Gasteiger partial charge in [-0.15, -0.1) is 0 Å². The molecule has 0 fully saturated rings. The molecule has 0 aliphatic carbocycles. The Hall–Kier alpha value is -2.10. The van der Waals surface area contributed by atoms with Gasteiger partial charge in [-0.3, -0.25) is 9.48 Å².